The summed E-state index contributed by atoms with van der Waals surface area (Å²) in [5.74, 6) is 0. The standard InChI is InChI=1S/C11H19O4P.C3H6O2/c1-4-14-16(13,15-5-2)10-6-7-11(3)8-9-12;1-2-5-3-4-1/h6-9H,4-5,10H2,1-3H3;1-3H2. The molecule has 1 heterocycles. The van der Waals surface area contributed by atoms with Crippen LogP contribution in [0.25, 0.3) is 0 Å². The highest BCUT2D eigenvalue weighted by Gasteiger charge is 2.20. The van der Waals surface area contributed by atoms with Crippen LogP contribution in [0.15, 0.2) is 23.8 Å². The summed E-state index contributed by atoms with van der Waals surface area (Å²) >= 11 is 0. The Kier molecular flexibility index (Phi) is 12.4. The normalized spacial score (nSPS) is 15.9. The van der Waals surface area contributed by atoms with E-state index in [-0.39, 0.29) is 6.16 Å². The molecule has 0 amide bonds. The van der Waals surface area contributed by atoms with E-state index in [1.807, 2.05) is 0 Å². The summed E-state index contributed by atoms with van der Waals surface area (Å²) < 4.78 is 31.6. The second kappa shape index (κ2) is 12.9. The lowest BCUT2D eigenvalue weighted by Gasteiger charge is -2.14. The maximum Gasteiger partial charge on any atom is 0.334 e. The molecule has 0 spiro atoms. The van der Waals surface area contributed by atoms with Crippen molar-refractivity contribution in [3.63, 3.8) is 0 Å². The van der Waals surface area contributed by atoms with Crippen LogP contribution in [0.5, 0.6) is 0 Å². The van der Waals surface area contributed by atoms with Crippen molar-refractivity contribution in [3.8, 4) is 0 Å². The van der Waals surface area contributed by atoms with E-state index in [2.05, 4.69) is 0 Å². The smallest absolute Gasteiger partial charge is 0.334 e. The molecule has 1 aliphatic heterocycles. The Morgan fingerprint density at radius 1 is 1.19 bits per heavy atom. The number of hydrogen-bond donors (Lipinski definition) is 0. The second-order valence-corrected chi connectivity index (χ2v) is 6.12. The van der Waals surface area contributed by atoms with Crippen LogP contribution in [0, 0.1) is 0 Å². The number of carbonyl (C=O) groups excluding carboxylic acids is 1. The van der Waals surface area contributed by atoms with Gasteiger partial charge in [-0.1, -0.05) is 12.2 Å². The van der Waals surface area contributed by atoms with Gasteiger partial charge in [-0.05, 0) is 32.4 Å². The fraction of sp³-hybridized carbons (Fsp3) is 0.643. The first-order valence-corrected chi connectivity index (χ1v) is 8.63. The minimum atomic E-state index is -3.00. The van der Waals surface area contributed by atoms with E-state index in [0.29, 0.717) is 26.3 Å². The zero-order valence-corrected chi connectivity index (χ0v) is 13.8. The zero-order valence-electron chi connectivity index (χ0n) is 12.9. The zero-order chi connectivity index (χ0) is 16.0. The minimum Gasteiger partial charge on any atom is -0.353 e. The van der Waals surface area contributed by atoms with Gasteiger partial charge in [-0.3, -0.25) is 9.36 Å². The molecule has 0 aliphatic carbocycles. The van der Waals surface area contributed by atoms with E-state index < -0.39 is 7.60 Å². The summed E-state index contributed by atoms with van der Waals surface area (Å²) in [7, 11) is -3.00. The average molecular weight is 320 g/mol. The summed E-state index contributed by atoms with van der Waals surface area (Å²) in [6.07, 6.45) is 5.78. The van der Waals surface area contributed by atoms with Crippen LogP contribution in [0.4, 0.5) is 0 Å². The third-order valence-corrected chi connectivity index (χ3v) is 4.19. The van der Waals surface area contributed by atoms with Gasteiger partial charge in [-0.25, -0.2) is 0 Å². The number of ether oxygens (including phenoxy) is 2. The van der Waals surface area contributed by atoms with Crippen LogP contribution in [0.2, 0.25) is 0 Å². The van der Waals surface area contributed by atoms with E-state index in [0.717, 1.165) is 18.8 Å². The SMILES string of the molecule is C1COCO1.CCOP(=O)(CC=CC(C)=CC=O)OCC. The number of carbonyl (C=O) groups is 1. The molecule has 0 aromatic heterocycles. The molecule has 1 rings (SSSR count). The van der Waals surface area contributed by atoms with Crippen LogP contribution in [0.1, 0.15) is 20.8 Å². The first-order valence-electron chi connectivity index (χ1n) is 6.90. The van der Waals surface area contributed by atoms with Gasteiger partial charge in [-0.15, -0.1) is 0 Å². The predicted molar refractivity (Wildman–Crippen MR) is 81.5 cm³/mol. The van der Waals surface area contributed by atoms with Crippen molar-refractivity contribution in [1.29, 1.82) is 0 Å². The Labute approximate surface area is 126 Å². The predicted octanol–water partition coefficient (Wildman–Crippen LogP) is 2.94. The van der Waals surface area contributed by atoms with Gasteiger partial charge in [0.1, 0.15) is 13.1 Å². The molecule has 122 valence electrons. The molecule has 1 fully saturated rings. The van der Waals surface area contributed by atoms with Crippen molar-refractivity contribution >= 4 is 13.9 Å². The lowest BCUT2D eigenvalue weighted by atomic mass is 10.3. The Morgan fingerprint density at radius 3 is 2.14 bits per heavy atom. The molecule has 0 atom stereocenters. The van der Waals surface area contributed by atoms with Crippen LogP contribution < -0.4 is 0 Å². The molecule has 0 N–H and O–H groups in total. The molecule has 0 unspecified atom stereocenters. The third kappa shape index (κ3) is 11.5. The van der Waals surface area contributed by atoms with E-state index in [9.17, 15) is 9.36 Å². The summed E-state index contributed by atoms with van der Waals surface area (Å²) in [4.78, 5) is 10.2. The van der Waals surface area contributed by atoms with Crippen LogP contribution in [0.3, 0.4) is 0 Å². The summed E-state index contributed by atoms with van der Waals surface area (Å²) in [6.45, 7) is 8.10. The average Bonchev–Trinajstić information content (AvgIpc) is 2.98. The third-order valence-electron chi connectivity index (χ3n) is 2.23. The highest BCUT2D eigenvalue weighted by atomic mass is 31.2. The fourth-order valence-corrected chi connectivity index (χ4v) is 2.80. The Bertz CT molecular complexity index is 356. The lowest BCUT2D eigenvalue weighted by molar-refractivity contribution is -0.104. The first kappa shape index (κ1) is 20.2. The molecule has 0 aromatic rings. The van der Waals surface area contributed by atoms with Crippen LogP contribution in [-0.4, -0.2) is 45.7 Å². The Morgan fingerprint density at radius 2 is 1.76 bits per heavy atom. The minimum absolute atomic E-state index is 0.221. The molecule has 0 aromatic carbocycles. The molecular weight excluding hydrogens is 295 g/mol. The Balaban J connectivity index is 0.000000662. The van der Waals surface area contributed by atoms with Crippen molar-refractivity contribution in [2.45, 2.75) is 20.8 Å². The van der Waals surface area contributed by atoms with Gasteiger partial charge >= 0.3 is 7.60 Å². The van der Waals surface area contributed by atoms with E-state index >= 15 is 0 Å². The number of aldehydes is 1. The highest BCUT2D eigenvalue weighted by molar-refractivity contribution is 7.54. The Hall–Kier alpha value is -0.780. The molecule has 6 nitrogen and oxygen atoms in total. The van der Waals surface area contributed by atoms with Gasteiger partial charge < -0.3 is 18.5 Å². The quantitative estimate of drug-likeness (QED) is 0.296. The first-order chi connectivity index (χ1) is 10.1. The summed E-state index contributed by atoms with van der Waals surface area (Å²) in [5, 5.41) is 0. The van der Waals surface area contributed by atoms with Gasteiger partial charge in [0, 0.05) is 0 Å². The van der Waals surface area contributed by atoms with E-state index in [1.54, 1.807) is 32.9 Å². The van der Waals surface area contributed by atoms with Crippen molar-refractivity contribution < 1.29 is 27.9 Å². The molecule has 1 aliphatic rings. The number of allylic oxidation sites excluding steroid dienone is 4. The van der Waals surface area contributed by atoms with Crippen molar-refractivity contribution in [3.05, 3.63) is 23.8 Å². The molecule has 7 heteroatoms. The summed E-state index contributed by atoms with van der Waals surface area (Å²) in [5.41, 5.74) is 0.801. The monoisotopic (exact) mass is 320 g/mol. The summed E-state index contributed by atoms with van der Waals surface area (Å²) in [6, 6.07) is 0. The maximum absolute atomic E-state index is 12.0. The van der Waals surface area contributed by atoms with Gasteiger partial charge in [0.05, 0.1) is 32.6 Å². The van der Waals surface area contributed by atoms with Crippen LogP contribution >= 0.6 is 7.60 Å². The molecule has 21 heavy (non-hydrogen) atoms. The van der Waals surface area contributed by atoms with E-state index in [4.69, 9.17) is 18.5 Å². The van der Waals surface area contributed by atoms with Crippen molar-refractivity contribution in [2.75, 3.05) is 39.4 Å². The van der Waals surface area contributed by atoms with E-state index in [1.165, 1.54) is 6.08 Å². The van der Waals surface area contributed by atoms with Crippen LogP contribution in [-0.2, 0) is 27.9 Å². The van der Waals surface area contributed by atoms with Gasteiger partial charge in [0.25, 0.3) is 0 Å². The molecular formula is C14H25O6P. The molecule has 1 saturated heterocycles. The lowest BCUT2D eigenvalue weighted by Crippen LogP contribution is -1.98. The van der Waals surface area contributed by atoms with Crippen molar-refractivity contribution in [1.82, 2.24) is 0 Å². The molecule has 0 bridgehead atoms. The maximum atomic E-state index is 12.0. The molecule has 0 saturated carbocycles. The van der Waals surface area contributed by atoms with Gasteiger partial charge in [-0.2, -0.15) is 0 Å². The topological polar surface area (TPSA) is 71.1 Å². The fourth-order valence-electron chi connectivity index (χ4n) is 1.36. The van der Waals surface area contributed by atoms with Crippen molar-refractivity contribution in [2.24, 2.45) is 0 Å². The second-order valence-electron chi connectivity index (χ2n) is 4.01. The van der Waals surface area contributed by atoms with Gasteiger partial charge in [0.2, 0.25) is 0 Å². The number of rotatable bonds is 8. The largest absolute Gasteiger partial charge is 0.353 e. The number of hydrogen-bond acceptors (Lipinski definition) is 6. The highest BCUT2D eigenvalue weighted by Crippen LogP contribution is 2.47. The molecule has 0 radical (unpaired) electrons. The van der Waals surface area contributed by atoms with Gasteiger partial charge in [0.15, 0.2) is 0 Å².